The second-order valence-corrected chi connectivity index (χ2v) is 8.45. The van der Waals surface area contributed by atoms with Crippen LogP contribution >= 0.6 is 23.1 Å². The number of imidazole rings is 1. The van der Waals surface area contributed by atoms with Crippen molar-refractivity contribution >= 4 is 34.1 Å². The predicted molar refractivity (Wildman–Crippen MR) is 115 cm³/mol. The maximum Gasteiger partial charge on any atom is 0.236 e. The number of benzene rings is 1. The molecule has 0 unspecified atom stereocenters. The summed E-state index contributed by atoms with van der Waals surface area (Å²) in [6.07, 6.45) is 2.85. The van der Waals surface area contributed by atoms with Crippen LogP contribution in [-0.4, -0.2) is 33.3 Å². The highest BCUT2D eigenvalue weighted by atomic mass is 32.2. The van der Waals surface area contributed by atoms with Gasteiger partial charge < -0.3 is 14.6 Å². The van der Waals surface area contributed by atoms with Gasteiger partial charge in [-0.25, -0.2) is 9.97 Å². The number of methoxy groups -OCH3 is 1. The van der Waals surface area contributed by atoms with Crippen molar-refractivity contribution in [3.8, 4) is 17.0 Å². The van der Waals surface area contributed by atoms with Crippen molar-refractivity contribution in [2.24, 2.45) is 0 Å². The molecule has 0 bridgehead atoms. The standard InChI is InChI=1S/C20H24N4O2S2/c1-5-10-24-17(15-6-8-16(26-4)9-7-15)11-21-20(24)27-12-18(25)23-19-22-13(2)14(3)28-19/h6-9,11H,5,10,12H2,1-4H3,(H,22,23,25). The maximum absolute atomic E-state index is 12.3. The fourth-order valence-electron chi connectivity index (χ4n) is 2.72. The molecule has 0 fully saturated rings. The summed E-state index contributed by atoms with van der Waals surface area (Å²) < 4.78 is 7.40. The van der Waals surface area contributed by atoms with E-state index in [1.165, 1.54) is 23.1 Å². The van der Waals surface area contributed by atoms with Crippen molar-refractivity contribution in [3.05, 3.63) is 41.0 Å². The van der Waals surface area contributed by atoms with E-state index in [1.807, 2.05) is 44.3 Å². The zero-order valence-corrected chi connectivity index (χ0v) is 18.1. The Balaban J connectivity index is 1.70. The zero-order valence-electron chi connectivity index (χ0n) is 16.5. The quantitative estimate of drug-likeness (QED) is 0.536. The Bertz CT molecular complexity index is 928. The van der Waals surface area contributed by atoms with Gasteiger partial charge in [-0.05, 0) is 44.5 Å². The number of rotatable bonds is 8. The van der Waals surface area contributed by atoms with Crippen LogP contribution in [0.2, 0.25) is 0 Å². The number of amides is 1. The number of aryl methyl sites for hydroxylation is 2. The Hall–Kier alpha value is -2.32. The molecule has 148 valence electrons. The second-order valence-electron chi connectivity index (χ2n) is 6.30. The molecule has 0 aliphatic rings. The van der Waals surface area contributed by atoms with Crippen LogP contribution in [-0.2, 0) is 11.3 Å². The molecule has 0 radical (unpaired) electrons. The summed E-state index contributed by atoms with van der Waals surface area (Å²) in [6.45, 7) is 6.92. The lowest BCUT2D eigenvalue weighted by atomic mass is 10.1. The van der Waals surface area contributed by atoms with Gasteiger partial charge in [0.2, 0.25) is 5.91 Å². The van der Waals surface area contributed by atoms with Gasteiger partial charge in [-0.2, -0.15) is 0 Å². The first-order chi connectivity index (χ1) is 13.5. The first kappa shape index (κ1) is 20.4. The van der Waals surface area contributed by atoms with Crippen molar-refractivity contribution in [2.75, 3.05) is 18.2 Å². The highest BCUT2D eigenvalue weighted by Crippen LogP contribution is 2.28. The van der Waals surface area contributed by atoms with Crippen molar-refractivity contribution in [1.82, 2.24) is 14.5 Å². The van der Waals surface area contributed by atoms with Gasteiger partial charge in [-0.15, -0.1) is 11.3 Å². The minimum absolute atomic E-state index is 0.0733. The molecule has 1 N–H and O–H groups in total. The first-order valence-electron chi connectivity index (χ1n) is 9.08. The summed E-state index contributed by atoms with van der Waals surface area (Å²) in [4.78, 5) is 22.3. The third-order valence-corrected chi connectivity index (χ3v) is 6.24. The molecule has 0 saturated carbocycles. The van der Waals surface area contributed by atoms with Crippen LogP contribution in [0.25, 0.3) is 11.3 Å². The number of carbonyl (C=O) groups is 1. The molecule has 2 heterocycles. The summed E-state index contributed by atoms with van der Waals surface area (Å²) in [7, 11) is 1.66. The first-order valence-corrected chi connectivity index (χ1v) is 10.9. The van der Waals surface area contributed by atoms with Crippen LogP contribution in [0.4, 0.5) is 5.13 Å². The third-order valence-electron chi connectivity index (χ3n) is 4.26. The van der Waals surface area contributed by atoms with E-state index in [1.54, 1.807) is 7.11 Å². The smallest absolute Gasteiger partial charge is 0.236 e. The summed E-state index contributed by atoms with van der Waals surface area (Å²) in [5.41, 5.74) is 3.07. The second kappa shape index (κ2) is 9.25. The zero-order chi connectivity index (χ0) is 20.1. The fourth-order valence-corrected chi connectivity index (χ4v) is 4.35. The Morgan fingerprint density at radius 1 is 1.29 bits per heavy atom. The molecule has 8 heteroatoms. The van der Waals surface area contributed by atoms with Crippen molar-refractivity contribution in [2.45, 2.75) is 38.9 Å². The Morgan fingerprint density at radius 2 is 2.04 bits per heavy atom. The molecule has 28 heavy (non-hydrogen) atoms. The fraction of sp³-hybridized carbons (Fsp3) is 0.350. The lowest BCUT2D eigenvalue weighted by Crippen LogP contribution is -2.14. The average molecular weight is 417 g/mol. The van der Waals surface area contributed by atoms with E-state index in [2.05, 4.69) is 26.8 Å². The molecule has 6 nitrogen and oxygen atoms in total. The highest BCUT2D eigenvalue weighted by molar-refractivity contribution is 7.99. The van der Waals surface area contributed by atoms with Crippen LogP contribution < -0.4 is 10.1 Å². The maximum atomic E-state index is 12.3. The van der Waals surface area contributed by atoms with E-state index in [9.17, 15) is 4.79 Å². The minimum Gasteiger partial charge on any atom is -0.497 e. The molecule has 2 aromatic heterocycles. The highest BCUT2D eigenvalue weighted by Gasteiger charge is 2.14. The normalized spacial score (nSPS) is 10.9. The number of thiazole rings is 1. The molecular formula is C20H24N4O2S2. The van der Waals surface area contributed by atoms with Crippen LogP contribution in [0.3, 0.4) is 0 Å². The monoisotopic (exact) mass is 416 g/mol. The van der Waals surface area contributed by atoms with Crippen LogP contribution in [0, 0.1) is 13.8 Å². The molecule has 0 atom stereocenters. The summed E-state index contributed by atoms with van der Waals surface area (Å²) in [6, 6.07) is 7.93. The number of hydrogen-bond donors (Lipinski definition) is 1. The molecule has 1 amide bonds. The number of hydrogen-bond acceptors (Lipinski definition) is 6. The SMILES string of the molecule is CCCn1c(-c2ccc(OC)cc2)cnc1SCC(=O)Nc1nc(C)c(C)s1. The number of ether oxygens (including phenoxy) is 1. The molecule has 0 aliphatic heterocycles. The van der Waals surface area contributed by atoms with Gasteiger partial charge in [0.1, 0.15) is 5.75 Å². The molecule has 1 aromatic carbocycles. The van der Waals surface area contributed by atoms with E-state index in [0.29, 0.717) is 10.9 Å². The van der Waals surface area contributed by atoms with Gasteiger partial charge in [-0.3, -0.25) is 4.79 Å². The van der Waals surface area contributed by atoms with E-state index < -0.39 is 0 Å². The average Bonchev–Trinajstić information content (AvgIpc) is 3.23. The van der Waals surface area contributed by atoms with Crippen molar-refractivity contribution in [3.63, 3.8) is 0 Å². The number of aromatic nitrogens is 3. The van der Waals surface area contributed by atoms with E-state index in [0.717, 1.165) is 45.7 Å². The summed E-state index contributed by atoms with van der Waals surface area (Å²) in [5.74, 6) is 1.04. The largest absolute Gasteiger partial charge is 0.497 e. The van der Waals surface area contributed by atoms with E-state index >= 15 is 0 Å². The molecule has 0 spiro atoms. The van der Waals surface area contributed by atoms with E-state index in [-0.39, 0.29) is 5.91 Å². The van der Waals surface area contributed by atoms with Gasteiger partial charge in [0.15, 0.2) is 10.3 Å². The number of carbonyl (C=O) groups excluding carboxylic acids is 1. The lowest BCUT2D eigenvalue weighted by Gasteiger charge is -2.11. The van der Waals surface area contributed by atoms with Gasteiger partial charge >= 0.3 is 0 Å². The number of nitrogens with one attached hydrogen (secondary N) is 1. The predicted octanol–water partition coefficient (Wildman–Crippen LogP) is 4.77. The topological polar surface area (TPSA) is 69.0 Å². The van der Waals surface area contributed by atoms with Crippen LogP contribution in [0.15, 0.2) is 35.6 Å². The molecular weight excluding hydrogens is 392 g/mol. The lowest BCUT2D eigenvalue weighted by molar-refractivity contribution is -0.113. The van der Waals surface area contributed by atoms with Crippen molar-refractivity contribution in [1.29, 1.82) is 0 Å². The Morgan fingerprint density at radius 3 is 2.64 bits per heavy atom. The van der Waals surface area contributed by atoms with Gasteiger partial charge in [0, 0.05) is 17.0 Å². The Kier molecular flexibility index (Phi) is 6.74. The van der Waals surface area contributed by atoms with Crippen molar-refractivity contribution < 1.29 is 9.53 Å². The summed E-state index contributed by atoms with van der Waals surface area (Å²) in [5, 5.41) is 4.36. The van der Waals surface area contributed by atoms with Gasteiger partial charge in [-0.1, -0.05) is 18.7 Å². The van der Waals surface area contributed by atoms with Gasteiger partial charge in [0.25, 0.3) is 0 Å². The number of nitrogens with zero attached hydrogens (tertiary/aromatic N) is 3. The number of anilines is 1. The molecule has 3 aromatic rings. The third kappa shape index (κ3) is 4.74. The minimum atomic E-state index is -0.0733. The van der Waals surface area contributed by atoms with Gasteiger partial charge in [0.05, 0.1) is 30.4 Å². The number of thioether (sulfide) groups is 1. The summed E-state index contributed by atoms with van der Waals surface area (Å²) >= 11 is 2.94. The van der Waals surface area contributed by atoms with Crippen LogP contribution in [0.5, 0.6) is 5.75 Å². The van der Waals surface area contributed by atoms with Crippen LogP contribution in [0.1, 0.15) is 23.9 Å². The molecule has 0 saturated heterocycles. The van der Waals surface area contributed by atoms with E-state index in [4.69, 9.17) is 4.74 Å². The Labute approximate surface area is 173 Å². The molecule has 3 rings (SSSR count). The molecule has 0 aliphatic carbocycles.